The molecule has 0 radical (unpaired) electrons. The fraction of sp³-hybridized carbons (Fsp3) is 0.160. The molecule has 0 saturated carbocycles. The maximum absolute atomic E-state index is 13.6. The van der Waals surface area contributed by atoms with Crippen molar-refractivity contribution in [2.24, 2.45) is 0 Å². The first kappa shape index (κ1) is 21.6. The smallest absolute Gasteiger partial charge is 0.295 e. The molecule has 1 N–H and O–H groups in total. The Balaban J connectivity index is 1.91. The summed E-state index contributed by atoms with van der Waals surface area (Å²) in [4.78, 5) is 14.2. The standard InChI is InChI=1S/C25H23NO5S/c1-16-4-8-18(9-5-16)22-24(32(29,30)21-14-6-17(2)7-15-21)23(27)25(28)26(22)19-10-12-20(31-3)13-11-19/h4-15,22,27H,1-3H3. The maximum Gasteiger partial charge on any atom is 0.295 e. The second-order valence-electron chi connectivity index (χ2n) is 7.72. The second kappa shape index (κ2) is 8.16. The predicted molar refractivity (Wildman–Crippen MR) is 122 cm³/mol. The van der Waals surface area contributed by atoms with Gasteiger partial charge >= 0.3 is 0 Å². The number of anilines is 1. The molecule has 0 bridgehead atoms. The van der Waals surface area contributed by atoms with E-state index in [0.29, 0.717) is 17.0 Å². The first-order valence-electron chi connectivity index (χ1n) is 10.0. The van der Waals surface area contributed by atoms with Gasteiger partial charge in [0.1, 0.15) is 16.7 Å². The molecule has 0 spiro atoms. The number of aryl methyl sites for hydroxylation is 2. The quantitative estimate of drug-likeness (QED) is 0.613. The topological polar surface area (TPSA) is 83.9 Å². The molecule has 6 nitrogen and oxygen atoms in total. The number of benzene rings is 3. The van der Waals surface area contributed by atoms with Crippen LogP contribution in [-0.2, 0) is 14.6 Å². The lowest BCUT2D eigenvalue weighted by molar-refractivity contribution is -0.117. The highest BCUT2D eigenvalue weighted by Crippen LogP contribution is 2.45. The Morgan fingerprint density at radius 2 is 1.38 bits per heavy atom. The molecular weight excluding hydrogens is 426 g/mol. The number of nitrogens with zero attached hydrogens (tertiary/aromatic N) is 1. The van der Waals surface area contributed by atoms with Crippen molar-refractivity contribution in [1.29, 1.82) is 0 Å². The summed E-state index contributed by atoms with van der Waals surface area (Å²) >= 11 is 0. The molecule has 1 aliphatic rings. The van der Waals surface area contributed by atoms with Crippen molar-refractivity contribution in [2.75, 3.05) is 12.0 Å². The van der Waals surface area contributed by atoms with Gasteiger partial charge in [-0.1, -0.05) is 47.5 Å². The number of rotatable bonds is 5. The molecule has 0 aromatic heterocycles. The van der Waals surface area contributed by atoms with Crippen LogP contribution in [0, 0.1) is 13.8 Å². The molecule has 32 heavy (non-hydrogen) atoms. The highest BCUT2D eigenvalue weighted by atomic mass is 32.2. The minimum Gasteiger partial charge on any atom is -0.502 e. The van der Waals surface area contributed by atoms with Crippen molar-refractivity contribution in [3.8, 4) is 5.75 Å². The van der Waals surface area contributed by atoms with Gasteiger partial charge < -0.3 is 9.84 Å². The lowest BCUT2D eigenvalue weighted by Crippen LogP contribution is -2.31. The van der Waals surface area contributed by atoms with E-state index in [2.05, 4.69) is 0 Å². The number of ether oxygens (including phenoxy) is 1. The lowest BCUT2D eigenvalue weighted by atomic mass is 10.0. The first-order chi connectivity index (χ1) is 15.2. The third-order valence-corrected chi connectivity index (χ3v) is 7.41. The van der Waals surface area contributed by atoms with E-state index in [1.165, 1.54) is 24.1 Å². The van der Waals surface area contributed by atoms with Crippen LogP contribution in [0.5, 0.6) is 5.75 Å². The molecular formula is C25H23NO5S. The monoisotopic (exact) mass is 449 g/mol. The van der Waals surface area contributed by atoms with E-state index >= 15 is 0 Å². The van der Waals surface area contributed by atoms with Crippen molar-refractivity contribution in [1.82, 2.24) is 0 Å². The van der Waals surface area contributed by atoms with E-state index in [9.17, 15) is 18.3 Å². The zero-order chi connectivity index (χ0) is 23.0. The Bertz CT molecular complexity index is 1290. The van der Waals surface area contributed by atoms with Gasteiger partial charge in [-0.2, -0.15) is 0 Å². The van der Waals surface area contributed by atoms with Crippen LogP contribution >= 0.6 is 0 Å². The van der Waals surface area contributed by atoms with Crippen LogP contribution in [0.1, 0.15) is 22.7 Å². The molecule has 1 amide bonds. The van der Waals surface area contributed by atoms with Crippen molar-refractivity contribution in [3.63, 3.8) is 0 Å². The Morgan fingerprint density at radius 3 is 1.91 bits per heavy atom. The van der Waals surface area contributed by atoms with E-state index in [1.54, 1.807) is 48.5 Å². The van der Waals surface area contributed by atoms with Crippen LogP contribution < -0.4 is 9.64 Å². The molecule has 1 atom stereocenters. The second-order valence-corrected chi connectivity index (χ2v) is 9.63. The molecule has 164 valence electrons. The molecule has 1 aliphatic heterocycles. The number of aliphatic hydroxyl groups excluding tert-OH is 1. The lowest BCUT2D eigenvalue weighted by Gasteiger charge is -2.27. The van der Waals surface area contributed by atoms with Gasteiger partial charge in [0.15, 0.2) is 5.76 Å². The average molecular weight is 450 g/mol. The van der Waals surface area contributed by atoms with Crippen LogP contribution in [0.3, 0.4) is 0 Å². The van der Waals surface area contributed by atoms with Crippen LogP contribution in [0.4, 0.5) is 5.69 Å². The van der Waals surface area contributed by atoms with Crippen LogP contribution in [0.2, 0.25) is 0 Å². The number of carbonyl (C=O) groups excluding carboxylic acids is 1. The number of carbonyl (C=O) groups is 1. The number of hydrogen-bond donors (Lipinski definition) is 1. The third kappa shape index (κ3) is 3.65. The van der Waals surface area contributed by atoms with Gasteiger partial charge in [0.05, 0.1) is 12.0 Å². The molecule has 0 saturated heterocycles. The van der Waals surface area contributed by atoms with E-state index in [1.807, 2.05) is 26.0 Å². The minimum absolute atomic E-state index is 0.0196. The SMILES string of the molecule is COc1ccc(N2C(=O)C(O)=C(S(=O)(=O)c3ccc(C)cc3)C2c2ccc(C)cc2)cc1. The van der Waals surface area contributed by atoms with Gasteiger partial charge in [0.2, 0.25) is 9.84 Å². The molecule has 1 unspecified atom stereocenters. The van der Waals surface area contributed by atoms with Crippen LogP contribution in [0.15, 0.2) is 88.4 Å². The van der Waals surface area contributed by atoms with Gasteiger partial charge in [-0.25, -0.2) is 8.42 Å². The van der Waals surface area contributed by atoms with Crippen molar-refractivity contribution >= 4 is 21.4 Å². The molecule has 4 rings (SSSR count). The zero-order valence-corrected chi connectivity index (χ0v) is 18.8. The van der Waals surface area contributed by atoms with Gasteiger partial charge in [-0.3, -0.25) is 9.69 Å². The van der Waals surface area contributed by atoms with Gasteiger partial charge in [0, 0.05) is 5.69 Å². The maximum atomic E-state index is 13.6. The highest BCUT2D eigenvalue weighted by Gasteiger charge is 2.47. The molecule has 3 aromatic carbocycles. The summed E-state index contributed by atoms with van der Waals surface area (Å²) in [5.41, 5.74) is 2.92. The van der Waals surface area contributed by atoms with E-state index in [4.69, 9.17) is 4.74 Å². The number of hydrogen-bond acceptors (Lipinski definition) is 5. The van der Waals surface area contributed by atoms with Crippen molar-refractivity contribution in [2.45, 2.75) is 24.8 Å². The van der Waals surface area contributed by atoms with Crippen LogP contribution in [0.25, 0.3) is 0 Å². The predicted octanol–water partition coefficient (Wildman–Crippen LogP) is 4.64. The Morgan fingerprint density at radius 1 is 0.844 bits per heavy atom. The van der Waals surface area contributed by atoms with Crippen molar-refractivity contribution < 1.29 is 23.1 Å². The summed E-state index contributed by atoms with van der Waals surface area (Å²) in [5.74, 6) is -0.949. The summed E-state index contributed by atoms with van der Waals surface area (Å²) < 4.78 is 32.4. The van der Waals surface area contributed by atoms with Crippen LogP contribution in [-0.4, -0.2) is 26.5 Å². The van der Waals surface area contributed by atoms with Crippen molar-refractivity contribution in [3.05, 3.63) is 100 Å². The number of methoxy groups -OCH3 is 1. The summed E-state index contributed by atoms with van der Waals surface area (Å²) in [6.45, 7) is 3.77. The highest BCUT2D eigenvalue weighted by molar-refractivity contribution is 7.95. The van der Waals surface area contributed by atoms with E-state index in [-0.39, 0.29) is 9.80 Å². The van der Waals surface area contributed by atoms with Gasteiger partial charge in [-0.05, 0) is 55.8 Å². The zero-order valence-electron chi connectivity index (χ0n) is 17.9. The number of sulfone groups is 1. The van der Waals surface area contributed by atoms with E-state index < -0.39 is 27.5 Å². The summed E-state index contributed by atoms with van der Waals surface area (Å²) in [6, 6.07) is 19.2. The largest absolute Gasteiger partial charge is 0.502 e. The Labute approximate surface area is 187 Å². The minimum atomic E-state index is -4.16. The number of amides is 1. The molecule has 3 aromatic rings. The summed E-state index contributed by atoms with van der Waals surface area (Å²) in [6.07, 6.45) is 0. The molecule has 0 aliphatic carbocycles. The average Bonchev–Trinajstić information content (AvgIpc) is 3.06. The summed E-state index contributed by atoms with van der Waals surface area (Å²) in [7, 11) is -2.62. The molecule has 1 heterocycles. The fourth-order valence-corrected chi connectivity index (χ4v) is 5.39. The third-order valence-electron chi connectivity index (χ3n) is 5.53. The summed E-state index contributed by atoms with van der Waals surface area (Å²) in [5, 5.41) is 10.8. The molecule has 0 fully saturated rings. The van der Waals surface area contributed by atoms with Gasteiger partial charge in [0.25, 0.3) is 5.91 Å². The Hall–Kier alpha value is -3.58. The first-order valence-corrected chi connectivity index (χ1v) is 11.5. The number of aliphatic hydroxyl groups is 1. The fourth-order valence-electron chi connectivity index (χ4n) is 3.76. The normalized spacial score (nSPS) is 16.5. The van der Waals surface area contributed by atoms with E-state index in [0.717, 1.165) is 11.1 Å². The van der Waals surface area contributed by atoms with Gasteiger partial charge in [-0.15, -0.1) is 0 Å². The Kier molecular flexibility index (Phi) is 5.52. The molecule has 7 heteroatoms.